The van der Waals surface area contributed by atoms with Crippen molar-refractivity contribution in [2.75, 3.05) is 13.2 Å². The van der Waals surface area contributed by atoms with Gasteiger partial charge in [-0.05, 0) is 122 Å². The molecule has 1 unspecified atom stereocenters. The maximum absolute atomic E-state index is 12.9. The standard InChI is InChI=1S/C72H122O6/c1-4-7-10-13-16-19-22-25-28-30-31-32-33-34-35-36-37-38-39-40-41-43-44-47-50-53-56-59-62-65-71(74)77-68-69(67-76-70(73)64-61-58-55-52-49-46-27-24-21-18-15-12-9-6-3)78-72(75)66-63-60-57-54-51-48-45-42-29-26-23-20-17-14-11-8-5-2/h8,11,17,20,22,24-27,29-31,33-34,45,48,54,57,69H,4-7,9-10,12-16,18-19,21,23,28,32,35-44,46-47,49-53,55-56,58-68H2,1-3H3/b11-8-,20-17-,25-22-,27-24-,29-26-,31-30-,34-33-,48-45-,57-54-. The molecule has 1 atom stereocenters. The lowest BCUT2D eigenvalue weighted by Gasteiger charge is -2.18. The lowest BCUT2D eigenvalue weighted by Crippen LogP contribution is -2.30. The molecule has 0 rings (SSSR count). The van der Waals surface area contributed by atoms with Gasteiger partial charge in [-0.25, -0.2) is 0 Å². The Bertz CT molecular complexity index is 1570. The van der Waals surface area contributed by atoms with Crippen LogP contribution in [0, 0.1) is 0 Å². The molecule has 0 N–H and O–H groups in total. The number of ether oxygens (including phenoxy) is 3. The number of allylic oxidation sites excluding steroid dienone is 18. The van der Waals surface area contributed by atoms with Crippen LogP contribution in [0.1, 0.15) is 310 Å². The minimum Gasteiger partial charge on any atom is -0.462 e. The molecular weight excluding hydrogens is 961 g/mol. The Morgan fingerprint density at radius 2 is 0.513 bits per heavy atom. The third-order valence-electron chi connectivity index (χ3n) is 14.0. The molecule has 0 amide bonds. The average molecular weight is 1080 g/mol. The van der Waals surface area contributed by atoms with Crippen molar-refractivity contribution in [1.29, 1.82) is 0 Å². The Morgan fingerprint density at radius 3 is 0.833 bits per heavy atom. The van der Waals surface area contributed by atoms with Crippen LogP contribution < -0.4 is 0 Å². The van der Waals surface area contributed by atoms with Gasteiger partial charge >= 0.3 is 17.9 Å². The third-order valence-corrected chi connectivity index (χ3v) is 14.0. The molecule has 0 aromatic carbocycles. The second kappa shape index (κ2) is 65.6. The first kappa shape index (κ1) is 74.1. The lowest BCUT2D eigenvalue weighted by atomic mass is 10.0. The third kappa shape index (κ3) is 62.9. The van der Waals surface area contributed by atoms with Crippen LogP contribution in [0.3, 0.4) is 0 Å². The highest BCUT2D eigenvalue weighted by Crippen LogP contribution is 2.16. The van der Waals surface area contributed by atoms with Crippen molar-refractivity contribution >= 4 is 17.9 Å². The maximum atomic E-state index is 12.9. The van der Waals surface area contributed by atoms with E-state index in [1.807, 2.05) is 0 Å². The van der Waals surface area contributed by atoms with Crippen molar-refractivity contribution < 1.29 is 28.6 Å². The average Bonchev–Trinajstić information content (AvgIpc) is 3.44. The highest BCUT2D eigenvalue weighted by atomic mass is 16.6. The summed E-state index contributed by atoms with van der Waals surface area (Å²) in [5.74, 6) is -0.965. The van der Waals surface area contributed by atoms with Crippen LogP contribution in [0.15, 0.2) is 109 Å². The zero-order valence-corrected chi connectivity index (χ0v) is 51.2. The summed E-state index contributed by atoms with van der Waals surface area (Å²) in [6.45, 7) is 6.47. The topological polar surface area (TPSA) is 78.9 Å². The highest BCUT2D eigenvalue weighted by molar-refractivity contribution is 5.71. The van der Waals surface area contributed by atoms with Crippen LogP contribution in [0.5, 0.6) is 0 Å². The molecule has 0 aliphatic carbocycles. The minimum atomic E-state index is -0.813. The molecule has 446 valence electrons. The van der Waals surface area contributed by atoms with Crippen molar-refractivity contribution in [3.63, 3.8) is 0 Å². The number of unbranched alkanes of at least 4 members (excludes halogenated alkanes) is 30. The van der Waals surface area contributed by atoms with E-state index in [1.165, 1.54) is 161 Å². The Labute approximate surface area is 482 Å². The molecule has 0 saturated carbocycles. The largest absolute Gasteiger partial charge is 0.462 e. The Balaban J connectivity index is 4.32. The quantitative estimate of drug-likeness (QED) is 0.0261. The fourth-order valence-corrected chi connectivity index (χ4v) is 9.07. The molecule has 0 aliphatic heterocycles. The van der Waals surface area contributed by atoms with E-state index in [0.717, 1.165) is 103 Å². The molecule has 0 aliphatic rings. The number of hydrogen-bond donors (Lipinski definition) is 0. The van der Waals surface area contributed by atoms with Crippen molar-refractivity contribution in [1.82, 2.24) is 0 Å². The zero-order chi connectivity index (χ0) is 56.4. The molecule has 0 saturated heterocycles. The van der Waals surface area contributed by atoms with E-state index in [2.05, 4.69) is 130 Å². The number of carbonyl (C=O) groups is 3. The van der Waals surface area contributed by atoms with Gasteiger partial charge in [-0.15, -0.1) is 0 Å². The molecule has 78 heavy (non-hydrogen) atoms. The molecule has 6 heteroatoms. The van der Waals surface area contributed by atoms with Gasteiger partial charge in [-0.3, -0.25) is 14.4 Å². The molecule has 0 fully saturated rings. The van der Waals surface area contributed by atoms with E-state index in [1.54, 1.807) is 0 Å². The van der Waals surface area contributed by atoms with Crippen molar-refractivity contribution in [3.05, 3.63) is 109 Å². The smallest absolute Gasteiger partial charge is 0.306 e. The Hall–Kier alpha value is -3.93. The van der Waals surface area contributed by atoms with E-state index in [9.17, 15) is 14.4 Å². The molecule has 0 spiro atoms. The van der Waals surface area contributed by atoms with E-state index < -0.39 is 6.10 Å². The monoisotopic (exact) mass is 1080 g/mol. The highest BCUT2D eigenvalue weighted by Gasteiger charge is 2.19. The summed E-state index contributed by atoms with van der Waals surface area (Å²) in [4.78, 5) is 38.3. The van der Waals surface area contributed by atoms with Gasteiger partial charge in [0.05, 0.1) is 0 Å². The first-order chi connectivity index (χ1) is 38.5. The SMILES string of the molecule is CC/C=C\C/C=C\C/C=C\C/C=C\C/C=C\CCCC(=O)OC(COC(=O)CCCCCCC/C=C\CCCCCCC)COC(=O)CCCCCCCCCCCCCCCC/C=C\C/C=C\C/C=C\CCCCCCC. The molecule has 6 nitrogen and oxygen atoms in total. The van der Waals surface area contributed by atoms with E-state index in [4.69, 9.17) is 14.2 Å². The second-order valence-electron chi connectivity index (χ2n) is 21.6. The molecule has 0 aromatic heterocycles. The van der Waals surface area contributed by atoms with Gasteiger partial charge in [-0.1, -0.05) is 278 Å². The normalized spacial score (nSPS) is 12.8. The number of esters is 3. The predicted molar refractivity (Wildman–Crippen MR) is 339 cm³/mol. The van der Waals surface area contributed by atoms with Crippen LogP contribution in [0.4, 0.5) is 0 Å². The first-order valence-electron chi connectivity index (χ1n) is 32.9. The molecule has 0 aromatic rings. The summed E-state index contributed by atoms with van der Waals surface area (Å²) in [5, 5.41) is 0. The van der Waals surface area contributed by atoms with Gasteiger partial charge in [-0.2, -0.15) is 0 Å². The lowest BCUT2D eigenvalue weighted by molar-refractivity contribution is -0.167. The van der Waals surface area contributed by atoms with E-state index in [0.29, 0.717) is 19.3 Å². The minimum absolute atomic E-state index is 0.103. The second-order valence-corrected chi connectivity index (χ2v) is 21.6. The van der Waals surface area contributed by atoms with Gasteiger partial charge in [0, 0.05) is 19.3 Å². The van der Waals surface area contributed by atoms with E-state index in [-0.39, 0.29) is 37.5 Å². The fraction of sp³-hybridized carbons (Fsp3) is 0.708. The van der Waals surface area contributed by atoms with Gasteiger partial charge in [0.25, 0.3) is 0 Å². The van der Waals surface area contributed by atoms with Crippen LogP contribution in [0.25, 0.3) is 0 Å². The zero-order valence-electron chi connectivity index (χ0n) is 51.2. The summed E-state index contributed by atoms with van der Waals surface area (Å²) in [6.07, 6.45) is 89.7. The van der Waals surface area contributed by atoms with Crippen LogP contribution in [-0.2, 0) is 28.6 Å². The summed E-state index contributed by atoms with van der Waals surface area (Å²) in [7, 11) is 0. The van der Waals surface area contributed by atoms with E-state index >= 15 is 0 Å². The van der Waals surface area contributed by atoms with Gasteiger partial charge in [0.15, 0.2) is 6.10 Å². The fourth-order valence-electron chi connectivity index (χ4n) is 9.07. The van der Waals surface area contributed by atoms with Crippen LogP contribution in [0.2, 0.25) is 0 Å². The van der Waals surface area contributed by atoms with Gasteiger partial charge in [0.1, 0.15) is 13.2 Å². The van der Waals surface area contributed by atoms with Crippen LogP contribution >= 0.6 is 0 Å². The van der Waals surface area contributed by atoms with Crippen molar-refractivity contribution in [3.8, 4) is 0 Å². The molecular formula is C72H122O6. The van der Waals surface area contributed by atoms with Gasteiger partial charge < -0.3 is 14.2 Å². The predicted octanol–water partition coefficient (Wildman–Crippen LogP) is 22.6. The summed E-state index contributed by atoms with van der Waals surface area (Å²) >= 11 is 0. The molecule has 0 radical (unpaired) electrons. The summed E-state index contributed by atoms with van der Waals surface area (Å²) in [6, 6.07) is 0. The molecule has 0 bridgehead atoms. The number of rotatable bonds is 59. The number of hydrogen-bond acceptors (Lipinski definition) is 6. The Kier molecular flexibility index (Phi) is 62.3. The number of carbonyl (C=O) groups excluding carboxylic acids is 3. The maximum Gasteiger partial charge on any atom is 0.306 e. The van der Waals surface area contributed by atoms with Gasteiger partial charge in [0.2, 0.25) is 0 Å². The summed E-state index contributed by atoms with van der Waals surface area (Å²) < 4.78 is 16.9. The Morgan fingerprint density at radius 1 is 0.269 bits per heavy atom. The first-order valence-corrected chi connectivity index (χ1v) is 32.9. The van der Waals surface area contributed by atoms with Crippen molar-refractivity contribution in [2.45, 2.75) is 316 Å². The molecule has 0 heterocycles. The van der Waals surface area contributed by atoms with Crippen molar-refractivity contribution in [2.24, 2.45) is 0 Å². The summed E-state index contributed by atoms with van der Waals surface area (Å²) in [5.41, 5.74) is 0. The van der Waals surface area contributed by atoms with Crippen LogP contribution in [-0.4, -0.2) is 37.2 Å².